The summed E-state index contributed by atoms with van der Waals surface area (Å²) in [5.74, 6) is -0.725. The Balaban J connectivity index is 1.53. The van der Waals surface area contributed by atoms with Crippen LogP contribution >= 0.6 is 11.3 Å². The number of ketones is 1. The van der Waals surface area contributed by atoms with Gasteiger partial charge in [0.15, 0.2) is 16.6 Å². The average molecular weight is 546 g/mol. The van der Waals surface area contributed by atoms with Crippen LogP contribution in [0.15, 0.2) is 66.2 Å². The van der Waals surface area contributed by atoms with E-state index in [9.17, 15) is 24.8 Å². The lowest BCUT2D eigenvalue weighted by molar-refractivity contribution is -0.384. The molecule has 12 heteroatoms. The number of carbonyl (C=O) groups is 2. The fourth-order valence-electron chi connectivity index (χ4n) is 4.59. The van der Waals surface area contributed by atoms with Crippen molar-refractivity contribution in [2.45, 2.75) is 6.04 Å². The number of Topliss-reactive ketones (excluding diaryl/α,β-unsaturated/α-hetero) is 1. The van der Waals surface area contributed by atoms with Crippen molar-refractivity contribution in [1.29, 1.82) is 0 Å². The first-order valence-electron chi connectivity index (χ1n) is 11.8. The van der Waals surface area contributed by atoms with Crippen LogP contribution in [-0.4, -0.2) is 47.0 Å². The summed E-state index contributed by atoms with van der Waals surface area (Å²) in [4.78, 5) is 43.4. The van der Waals surface area contributed by atoms with Gasteiger partial charge in [0.05, 0.1) is 33.9 Å². The predicted molar refractivity (Wildman–Crippen MR) is 141 cm³/mol. The maximum Gasteiger partial charge on any atom is 0.301 e. The summed E-state index contributed by atoms with van der Waals surface area (Å²) < 4.78 is 17.2. The molecule has 2 aliphatic heterocycles. The van der Waals surface area contributed by atoms with Crippen molar-refractivity contribution < 1.29 is 33.8 Å². The molecule has 1 aromatic heterocycles. The van der Waals surface area contributed by atoms with Gasteiger partial charge in [-0.3, -0.25) is 24.6 Å². The van der Waals surface area contributed by atoms with Crippen LogP contribution in [0, 0.1) is 10.1 Å². The number of anilines is 1. The average Bonchev–Trinajstić information content (AvgIpc) is 3.49. The van der Waals surface area contributed by atoms with E-state index < -0.39 is 28.4 Å². The van der Waals surface area contributed by atoms with Crippen LogP contribution in [0.2, 0.25) is 0 Å². The molecule has 0 spiro atoms. The number of benzene rings is 3. The lowest BCUT2D eigenvalue weighted by atomic mass is 9.95. The van der Waals surface area contributed by atoms with E-state index in [0.717, 1.165) is 4.70 Å². The van der Waals surface area contributed by atoms with E-state index in [0.29, 0.717) is 41.5 Å². The molecule has 0 radical (unpaired) electrons. The molecular weight excluding hydrogens is 526 g/mol. The lowest BCUT2D eigenvalue weighted by Gasteiger charge is -2.23. The van der Waals surface area contributed by atoms with E-state index in [2.05, 4.69) is 4.98 Å². The van der Waals surface area contributed by atoms with Gasteiger partial charge in [0.25, 0.3) is 11.5 Å². The second-order valence-electron chi connectivity index (χ2n) is 8.71. The molecule has 4 aromatic rings. The van der Waals surface area contributed by atoms with Crippen molar-refractivity contribution in [2.24, 2.45) is 0 Å². The Hall–Kier alpha value is -4.97. The standard InChI is InChI=1S/C27H19N3O8S/c1-36-17-7-8-18-21(13-17)39-27(28-18)29-23(14-2-5-16(6-3-14)30(34)35)22(25(32)26(29)33)24(31)15-4-9-19-20(12-15)38-11-10-37-19/h2-9,12-13,23,31H,10-11H2,1H3/b24-22+/t23-/m0/s1. The van der Waals surface area contributed by atoms with Crippen LogP contribution in [0.1, 0.15) is 17.2 Å². The molecular formula is C27H19N3O8S. The van der Waals surface area contributed by atoms with Crippen molar-refractivity contribution >= 4 is 49.8 Å². The summed E-state index contributed by atoms with van der Waals surface area (Å²) in [5, 5.41) is 22.9. The first-order chi connectivity index (χ1) is 18.9. The molecule has 1 saturated heterocycles. The molecule has 39 heavy (non-hydrogen) atoms. The second-order valence-corrected chi connectivity index (χ2v) is 9.72. The highest BCUT2D eigenvalue weighted by Gasteiger charge is 2.48. The SMILES string of the molecule is COc1ccc2nc(N3C(=O)C(=O)/C(=C(/O)c4ccc5c(c4)OCCO5)[C@@H]3c3ccc([N+](=O)[O-])cc3)sc2c1. The lowest BCUT2D eigenvalue weighted by Crippen LogP contribution is -2.29. The molecule has 0 aliphatic carbocycles. The van der Waals surface area contributed by atoms with E-state index >= 15 is 0 Å². The monoisotopic (exact) mass is 545 g/mol. The molecule has 11 nitrogen and oxygen atoms in total. The normalized spacial score (nSPS) is 18.0. The molecule has 1 amide bonds. The number of hydrogen-bond donors (Lipinski definition) is 1. The Kier molecular flexibility index (Phi) is 5.88. The summed E-state index contributed by atoms with van der Waals surface area (Å²) >= 11 is 1.18. The van der Waals surface area contributed by atoms with Gasteiger partial charge >= 0.3 is 5.91 Å². The van der Waals surface area contributed by atoms with Crippen molar-refractivity contribution in [3.8, 4) is 17.2 Å². The smallest absolute Gasteiger partial charge is 0.301 e. The third-order valence-electron chi connectivity index (χ3n) is 6.47. The number of aliphatic hydroxyl groups is 1. The fourth-order valence-corrected chi connectivity index (χ4v) is 5.61. The number of rotatable bonds is 5. The molecule has 1 atom stereocenters. The summed E-state index contributed by atoms with van der Waals surface area (Å²) in [6.07, 6.45) is 0. The van der Waals surface area contributed by atoms with E-state index in [1.54, 1.807) is 30.3 Å². The molecule has 196 valence electrons. The minimum Gasteiger partial charge on any atom is -0.507 e. The number of aromatic nitrogens is 1. The van der Waals surface area contributed by atoms with Crippen molar-refractivity contribution in [3.63, 3.8) is 0 Å². The number of aliphatic hydroxyl groups excluding tert-OH is 1. The van der Waals surface area contributed by atoms with Crippen LogP contribution in [0.5, 0.6) is 17.2 Å². The number of nitrogens with zero attached hydrogens (tertiary/aromatic N) is 3. The van der Waals surface area contributed by atoms with Crippen LogP contribution < -0.4 is 19.1 Å². The molecule has 1 N–H and O–H groups in total. The van der Waals surface area contributed by atoms with Gasteiger partial charge in [0.2, 0.25) is 0 Å². The summed E-state index contributed by atoms with van der Waals surface area (Å²) in [5.41, 5.74) is 0.887. The number of fused-ring (bicyclic) bond motifs is 2. The fraction of sp³-hybridized carbons (Fsp3) is 0.148. The third-order valence-corrected chi connectivity index (χ3v) is 7.49. The molecule has 3 heterocycles. The summed E-state index contributed by atoms with van der Waals surface area (Å²) in [6, 6.07) is 14.3. The topological polar surface area (TPSA) is 141 Å². The number of ether oxygens (including phenoxy) is 3. The number of non-ortho nitro benzene ring substituents is 1. The van der Waals surface area contributed by atoms with E-state index in [4.69, 9.17) is 14.2 Å². The number of carbonyl (C=O) groups excluding carboxylic acids is 2. The Bertz CT molecular complexity index is 1700. The van der Waals surface area contributed by atoms with Crippen molar-refractivity contribution in [3.05, 3.63) is 87.5 Å². The number of thiazole rings is 1. The molecule has 3 aromatic carbocycles. The summed E-state index contributed by atoms with van der Waals surface area (Å²) in [6.45, 7) is 0.713. The van der Waals surface area contributed by atoms with Gasteiger partial charge in [-0.05, 0) is 54.1 Å². The van der Waals surface area contributed by atoms with Crippen LogP contribution in [-0.2, 0) is 9.59 Å². The molecule has 6 rings (SSSR count). The van der Waals surface area contributed by atoms with Gasteiger partial charge in [-0.2, -0.15) is 0 Å². The predicted octanol–water partition coefficient (Wildman–Crippen LogP) is 4.61. The Morgan fingerprint density at radius 1 is 1.08 bits per heavy atom. The zero-order valence-corrected chi connectivity index (χ0v) is 21.1. The zero-order chi connectivity index (χ0) is 27.3. The minimum atomic E-state index is -1.10. The number of amides is 1. The Morgan fingerprint density at radius 3 is 2.54 bits per heavy atom. The Morgan fingerprint density at radius 2 is 1.82 bits per heavy atom. The Labute approximate surface area is 224 Å². The van der Waals surface area contributed by atoms with E-state index in [1.807, 2.05) is 0 Å². The van der Waals surface area contributed by atoms with Crippen LogP contribution in [0.4, 0.5) is 10.8 Å². The maximum atomic E-state index is 13.5. The molecule has 0 saturated carbocycles. The number of hydrogen-bond acceptors (Lipinski definition) is 10. The van der Waals surface area contributed by atoms with Crippen molar-refractivity contribution in [1.82, 2.24) is 4.98 Å². The van der Waals surface area contributed by atoms with Gasteiger partial charge < -0.3 is 19.3 Å². The number of methoxy groups -OCH3 is 1. The van der Waals surface area contributed by atoms with Gasteiger partial charge in [-0.15, -0.1) is 0 Å². The molecule has 0 bridgehead atoms. The first kappa shape index (κ1) is 24.4. The van der Waals surface area contributed by atoms with Gasteiger partial charge in [0.1, 0.15) is 24.7 Å². The number of nitro groups is 1. The largest absolute Gasteiger partial charge is 0.507 e. The quantitative estimate of drug-likeness (QED) is 0.125. The van der Waals surface area contributed by atoms with Crippen LogP contribution in [0.25, 0.3) is 16.0 Å². The highest BCUT2D eigenvalue weighted by Crippen LogP contribution is 2.45. The van der Waals surface area contributed by atoms with Crippen LogP contribution in [0.3, 0.4) is 0 Å². The molecule has 1 fully saturated rings. The zero-order valence-electron chi connectivity index (χ0n) is 20.3. The van der Waals surface area contributed by atoms with Gasteiger partial charge in [-0.25, -0.2) is 4.98 Å². The third kappa shape index (κ3) is 4.10. The molecule has 0 unspecified atom stereocenters. The molecule has 2 aliphatic rings. The first-order valence-corrected chi connectivity index (χ1v) is 12.6. The summed E-state index contributed by atoms with van der Waals surface area (Å²) in [7, 11) is 1.54. The van der Waals surface area contributed by atoms with E-state index in [1.165, 1.54) is 53.7 Å². The highest BCUT2D eigenvalue weighted by atomic mass is 32.1. The highest BCUT2D eigenvalue weighted by molar-refractivity contribution is 7.22. The maximum absolute atomic E-state index is 13.5. The minimum absolute atomic E-state index is 0.158. The van der Waals surface area contributed by atoms with Gasteiger partial charge in [0, 0.05) is 17.7 Å². The van der Waals surface area contributed by atoms with Crippen molar-refractivity contribution in [2.75, 3.05) is 25.2 Å². The van der Waals surface area contributed by atoms with E-state index in [-0.39, 0.29) is 22.0 Å². The van der Waals surface area contributed by atoms with Gasteiger partial charge in [-0.1, -0.05) is 11.3 Å². The second kappa shape index (κ2) is 9.40. The number of nitro benzene ring substituents is 1.